The summed E-state index contributed by atoms with van der Waals surface area (Å²) in [6, 6.07) is 8.09. The highest BCUT2D eigenvalue weighted by Gasteiger charge is 2.21. The number of para-hydroxylation sites is 1. The highest BCUT2D eigenvalue weighted by Crippen LogP contribution is 2.25. The molecule has 1 aromatic carbocycles. The molecule has 0 unspecified atom stereocenters. The minimum Gasteiger partial charge on any atom is -0.371 e. The number of carbonyl (C=O) groups is 2. The zero-order chi connectivity index (χ0) is 18.9. The van der Waals surface area contributed by atoms with Crippen LogP contribution in [0.2, 0.25) is 0 Å². The number of nitrogens with zero attached hydrogens (tertiary/aromatic N) is 1. The predicted octanol–water partition coefficient (Wildman–Crippen LogP) is 2.73. The summed E-state index contributed by atoms with van der Waals surface area (Å²) in [5.74, 6) is 0.137. The van der Waals surface area contributed by atoms with Gasteiger partial charge in [-0.1, -0.05) is 32.0 Å². The summed E-state index contributed by atoms with van der Waals surface area (Å²) in [4.78, 5) is 25.5. The number of nitrogens with one attached hydrogen (secondary N) is 2. The molecular formula is C20H29N3O3. The Morgan fingerprint density at radius 2 is 1.96 bits per heavy atom. The van der Waals surface area contributed by atoms with Gasteiger partial charge in [-0.3, -0.25) is 14.8 Å². The van der Waals surface area contributed by atoms with E-state index in [9.17, 15) is 9.59 Å². The van der Waals surface area contributed by atoms with Crippen LogP contribution in [0.5, 0.6) is 0 Å². The molecule has 0 atom stereocenters. The van der Waals surface area contributed by atoms with Crippen LogP contribution in [0.1, 0.15) is 45.1 Å². The first-order valence-corrected chi connectivity index (χ1v) is 9.25. The Bertz CT molecular complexity index is 635. The third-order valence-electron chi connectivity index (χ3n) is 4.61. The van der Waals surface area contributed by atoms with Crippen LogP contribution >= 0.6 is 0 Å². The molecule has 0 saturated carbocycles. The van der Waals surface area contributed by atoms with Gasteiger partial charge in [0, 0.05) is 37.3 Å². The maximum Gasteiger partial charge on any atom is 0.267 e. The van der Waals surface area contributed by atoms with Gasteiger partial charge in [-0.2, -0.15) is 0 Å². The molecule has 3 N–H and O–H groups in total. The van der Waals surface area contributed by atoms with Gasteiger partial charge in [0.2, 0.25) is 5.91 Å². The van der Waals surface area contributed by atoms with E-state index in [2.05, 4.69) is 24.1 Å². The number of hydroxylamine groups is 1. The van der Waals surface area contributed by atoms with Crippen molar-refractivity contribution in [1.82, 2.24) is 10.8 Å². The molecular weight excluding hydrogens is 330 g/mol. The molecule has 1 heterocycles. The first-order chi connectivity index (χ1) is 12.5. The van der Waals surface area contributed by atoms with Crippen molar-refractivity contribution in [3.05, 3.63) is 35.9 Å². The zero-order valence-electron chi connectivity index (χ0n) is 15.6. The van der Waals surface area contributed by atoms with Crippen molar-refractivity contribution in [3.8, 4) is 0 Å². The van der Waals surface area contributed by atoms with Gasteiger partial charge >= 0.3 is 0 Å². The number of rotatable bonds is 7. The van der Waals surface area contributed by atoms with Crippen molar-refractivity contribution in [1.29, 1.82) is 0 Å². The lowest BCUT2D eigenvalue weighted by atomic mass is 10.0. The van der Waals surface area contributed by atoms with Crippen LogP contribution in [0.3, 0.4) is 0 Å². The molecule has 0 aromatic heterocycles. The predicted molar refractivity (Wildman–Crippen MR) is 103 cm³/mol. The molecule has 1 fully saturated rings. The summed E-state index contributed by atoms with van der Waals surface area (Å²) in [5.41, 5.74) is 3.58. The fraction of sp³-hybridized carbons (Fsp3) is 0.500. The molecule has 0 radical (unpaired) electrons. The topological polar surface area (TPSA) is 81.7 Å². The molecule has 2 amide bonds. The minimum atomic E-state index is -0.553. The lowest BCUT2D eigenvalue weighted by Crippen LogP contribution is -2.44. The van der Waals surface area contributed by atoms with E-state index in [-0.39, 0.29) is 11.9 Å². The number of anilines is 1. The van der Waals surface area contributed by atoms with E-state index >= 15 is 0 Å². The number of piperidine rings is 1. The molecule has 1 saturated heterocycles. The van der Waals surface area contributed by atoms with Gasteiger partial charge in [-0.05, 0) is 42.9 Å². The van der Waals surface area contributed by atoms with Crippen LogP contribution in [0.25, 0.3) is 6.08 Å². The second-order valence-electron chi connectivity index (χ2n) is 7.13. The third-order valence-corrected chi connectivity index (χ3v) is 4.61. The number of benzene rings is 1. The van der Waals surface area contributed by atoms with Gasteiger partial charge in [0.25, 0.3) is 5.91 Å². The lowest BCUT2D eigenvalue weighted by molar-refractivity contribution is -0.124. The van der Waals surface area contributed by atoms with Crippen LogP contribution in [0.4, 0.5) is 5.69 Å². The lowest BCUT2D eigenvalue weighted by Gasteiger charge is -2.34. The smallest absolute Gasteiger partial charge is 0.267 e. The van der Waals surface area contributed by atoms with Crippen molar-refractivity contribution >= 4 is 23.6 Å². The standard InChI is InChI=1S/C20H29N3O3/c1-15(2)7-9-19(24)21-17-11-13-23(14-12-17)18-6-4-3-5-16(18)8-10-20(25)22-26/h3-6,8,10,15,17,26H,7,9,11-14H2,1-2H3,(H,21,24)(H,22,25). The van der Waals surface area contributed by atoms with Gasteiger partial charge in [0.1, 0.15) is 0 Å². The van der Waals surface area contributed by atoms with Gasteiger partial charge in [0.15, 0.2) is 0 Å². The van der Waals surface area contributed by atoms with Crippen molar-refractivity contribution in [2.24, 2.45) is 5.92 Å². The zero-order valence-corrected chi connectivity index (χ0v) is 15.6. The molecule has 6 nitrogen and oxygen atoms in total. The van der Waals surface area contributed by atoms with E-state index in [1.807, 2.05) is 24.3 Å². The van der Waals surface area contributed by atoms with Crippen LogP contribution in [0, 0.1) is 5.92 Å². The van der Waals surface area contributed by atoms with Crippen LogP contribution in [0.15, 0.2) is 30.3 Å². The summed E-state index contributed by atoms with van der Waals surface area (Å²) < 4.78 is 0. The van der Waals surface area contributed by atoms with E-state index in [0.717, 1.165) is 43.6 Å². The third kappa shape index (κ3) is 6.19. The number of carbonyl (C=O) groups excluding carboxylic acids is 2. The molecule has 2 rings (SSSR count). The highest BCUT2D eigenvalue weighted by molar-refractivity contribution is 5.91. The Labute approximate surface area is 155 Å². The van der Waals surface area contributed by atoms with E-state index in [4.69, 9.17) is 5.21 Å². The number of hydrogen-bond acceptors (Lipinski definition) is 4. The summed E-state index contributed by atoms with van der Waals surface area (Å²) in [6.07, 6.45) is 6.33. The maximum absolute atomic E-state index is 12.0. The molecule has 0 bridgehead atoms. The second-order valence-corrected chi connectivity index (χ2v) is 7.13. The minimum absolute atomic E-state index is 0.149. The number of hydrogen-bond donors (Lipinski definition) is 3. The highest BCUT2D eigenvalue weighted by atomic mass is 16.5. The van der Waals surface area contributed by atoms with Gasteiger partial charge in [-0.15, -0.1) is 0 Å². The van der Waals surface area contributed by atoms with E-state index in [1.54, 1.807) is 11.6 Å². The van der Waals surface area contributed by atoms with Crippen molar-refractivity contribution in [3.63, 3.8) is 0 Å². The number of amides is 2. The maximum atomic E-state index is 12.0. The Morgan fingerprint density at radius 3 is 2.62 bits per heavy atom. The normalized spacial score (nSPS) is 15.5. The summed E-state index contributed by atoms with van der Waals surface area (Å²) in [6.45, 7) is 5.96. The SMILES string of the molecule is CC(C)CCC(=O)NC1CCN(c2ccccc2C=CC(=O)NO)CC1. The molecule has 0 spiro atoms. The Morgan fingerprint density at radius 1 is 1.27 bits per heavy atom. The Hall–Kier alpha value is -2.34. The van der Waals surface area contributed by atoms with Crippen LogP contribution in [-0.2, 0) is 9.59 Å². The first kappa shape index (κ1) is 20.0. The van der Waals surface area contributed by atoms with Crippen molar-refractivity contribution in [2.75, 3.05) is 18.0 Å². The quantitative estimate of drug-likeness (QED) is 0.397. The average Bonchev–Trinajstić information content (AvgIpc) is 2.65. The largest absolute Gasteiger partial charge is 0.371 e. The molecule has 6 heteroatoms. The van der Waals surface area contributed by atoms with E-state index < -0.39 is 5.91 Å². The summed E-state index contributed by atoms with van der Waals surface area (Å²) >= 11 is 0. The molecule has 26 heavy (non-hydrogen) atoms. The molecule has 0 aliphatic carbocycles. The summed E-state index contributed by atoms with van der Waals surface area (Å²) in [7, 11) is 0. The van der Waals surface area contributed by atoms with Crippen molar-refractivity contribution in [2.45, 2.75) is 45.6 Å². The van der Waals surface area contributed by atoms with E-state index in [1.165, 1.54) is 6.08 Å². The Kier molecular flexibility index (Phi) is 7.66. The van der Waals surface area contributed by atoms with Crippen LogP contribution in [-0.4, -0.2) is 36.2 Å². The monoisotopic (exact) mass is 359 g/mol. The van der Waals surface area contributed by atoms with Crippen molar-refractivity contribution < 1.29 is 14.8 Å². The summed E-state index contributed by atoms with van der Waals surface area (Å²) in [5, 5.41) is 11.8. The Balaban J connectivity index is 1.91. The van der Waals surface area contributed by atoms with Gasteiger partial charge < -0.3 is 10.2 Å². The van der Waals surface area contributed by atoms with Gasteiger partial charge in [-0.25, -0.2) is 5.48 Å². The molecule has 1 aliphatic rings. The first-order valence-electron chi connectivity index (χ1n) is 9.25. The van der Waals surface area contributed by atoms with Gasteiger partial charge in [0.05, 0.1) is 0 Å². The molecule has 1 aromatic rings. The molecule has 1 aliphatic heterocycles. The van der Waals surface area contributed by atoms with Crippen LogP contribution < -0.4 is 15.7 Å². The fourth-order valence-electron chi connectivity index (χ4n) is 3.10. The molecule has 142 valence electrons. The van der Waals surface area contributed by atoms with E-state index in [0.29, 0.717) is 12.3 Å². The average molecular weight is 359 g/mol. The second kappa shape index (κ2) is 9.97. The fourth-order valence-corrected chi connectivity index (χ4v) is 3.10.